The fourth-order valence-electron chi connectivity index (χ4n) is 3.16. The second-order valence-corrected chi connectivity index (χ2v) is 7.39. The molecule has 10 heteroatoms. The number of halogens is 1. The van der Waals surface area contributed by atoms with Gasteiger partial charge in [-0.3, -0.25) is 14.9 Å². The van der Waals surface area contributed by atoms with Crippen molar-refractivity contribution in [2.75, 3.05) is 38.6 Å². The molecule has 1 heterocycles. The molecule has 0 fully saturated rings. The highest BCUT2D eigenvalue weighted by molar-refractivity contribution is 9.10. The Bertz CT molecular complexity index is 951. The molecule has 1 aliphatic heterocycles. The average molecular weight is 481 g/mol. The molecule has 9 nitrogen and oxygen atoms in total. The van der Waals surface area contributed by atoms with Gasteiger partial charge in [-0.25, -0.2) is 0 Å². The van der Waals surface area contributed by atoms with Crippen LogP contribution in [0.2, 0.25) is 0 Å². The maximum Gasteiger partial charge on any atom is 0.313 e. The van der Waals surface area contributed by atoms with Crippen LogP contribution < -0.4 is 9.64 Å². The van der Waals surface area contributed by atoms with E-state index in [0.29, 0.717) is 43.0 Å². The first-order valence-corrected chi connectivity index (χ1v) is 9.97. The molecular weight excluding hydrogens is 460 g/mol. The molecule has 0 aromatic heterocycles. The van der Waals surface area contributed by atoms with Crippen molar-refractivity contribution in [3.63, 3.8) is 0 Å². The number of rotatable bonds is 9. The van der Waals surface area contributed by atoms with Crippen molar-refractivity contribution in [1.82, 2.24) is 0 Å². The Morgan fingerprint density at radius 3 is 2.77 bits per heavy atom. The van der Waals surface area contributed by atoms with Gasteiger partial charge in [-0.05, 0) is 41.8 Å². The zero-order valence-electron chi connectivity index (χ0n) is 16.3. The molecule has 2 aromatic rings. The molecule has 0 aliphatic carbocycles. The second kappa shape index (κ2) is 9.98. The summed E-state index contributed by atoms with van der Waals surface area (Å²) in [5.74, 6) is -0.221. The maximum atomic E-state index is 13.0. The number of nitro groups is 1. The number of nitro benzene ring substituents is 1. The van der Waals surface area contributed by atoms with E-state index in [9.17, 15) is 20.0 Å². The summed E-state index contributed by atoms with van der Waals surface area (Å²) in [7, 11) is 1.54. The molecule has 0 radical (unpaired) electrons. The summed E-state index contributed by atoms with van der Waals surface area (Å²) in [4.78, 5) is 25.5. The summed E-state index contributed by atoms with van der Waals surface area (Å²) in [5.41, 5.74) is 2.09. The minimum atomic E-state index is -0.558. The zero-order valence-corrected chi connectivity index (χ0v) is 17.9. The van der Waals surface area contributed by atoms with Crippen LogP contribution in [0.15, 0.2) is 34.8 Å². The fourth-order valence-corrected chi connectivity index (χ4v) is 3.67. The van der Waals surface area contributed by atoms with Gasteiger partial charge in [-0.2, -0.15) is 0 Å². The summed E-state index contributed by atoms with van der Waals surface area (Å²) in [5, 5.41) is 21.0. The number of aliphatic hydroxyl groups excluding tert-OH is 1. The van der Waals surface area contributed by atoms with Crippen molar-refractivity contribution >= 4 is 33.2 Å². The number of carbonyl (C=O) groups excluding carboxylic acids is 1. The van der Waals surface area contributed by atoms with Crippen LogP contribution in [0, 0.1) is 10.1 Å². The average Bonchev–Trinajstić information content (AvgIpc) is 2.73. The lowest BCUT2D eigenvalue weighted by atomic mass is 9.96. The smallest absolute Gasteiger partial charge is 0.313 e. The molecule has 0 atom stereocenters. The topological polar surface area (TPSA) is 111 Å². The predicted octanol–water partition coefficient (Wildman–Crippen LogP) is 3.05. The van der Waals surface area contributed by atoms with E-state index in [1.165, 1.54) is 24.1 Å². The number of hydrogen-bond acceptors (Lipinski definition) is 7. The Hall–Kier alpha value is -2.53. The zero-order chi connectivity index (χ0) is 21.7. The molecule has 0 saturated carbocycles. The molecule has 1 amide bonds. The van der Waals surface area contributed by atoms with Crippen LogP contribution in [-0.2, 0) is 22.5 Å². The Morgan fingerprint density at radius 2 is 2.07 bits per heavy atom. The van der Waals surface area contributed by atoms with Gasteiger partial charge in [0.05, 0.1) is 30.4 Å². The number of benzene rings is 2. The number of carbonyl (C=O) groups is 1. The van der Waals surface area contributed by atoms with Gasteiger partial charge in [0.1, 0.15) is 0 Å². The van der Waals surface area contributed by atoms with Crippen LogP contribution in [0.5, 0.6) is 5.75 Å². The number of aliphatic hydroxyl groups is 1. The van der Waals surface area contributed by atoms with Crippen molar-refractivity contribution in [2.45, 2.75) is 13.0 Å². The number of ether oxygens (including phenoxy) is 3. The van der Waals surface area contributed by atoms with Crippen LogP contribution in [0.1, 0.15) is 21.5 Å². The molecule has 3 rings (SSSR count). The Labute approximate surface area is 181 Å². The minimum Gasteiger partial charge on any atom is -0.460 e. The van der Waals surface area contributed by atoms with Gasteiger partial charge in [0.15, 0.2) is 12.5 Å². The standard InChI is InChI=1S/C20H21BrN2O7/c1-28-6-7-29-12-30-19-3-2-15(10-18(19)23(26)27)22-5-4-13-9-17(21)14(11-24)8-16(13)20(22)25/h2-3,8-10,24H,4-7,11-12H2,1H3. The van der Waals surface area contributed by atoms with Gasteiger partial charge in [0.2, 0.25) is 0 Å². The van der Waals surface area contributed by atoms with Crippen molar-refractivity contribution < 1.29 is 29.0 Å². The SMILES string of the molecule is COCCOCOc1ccc(N2CCc3cc(Br)c(CO)cc3C2=O)cc1[N+](=O)[O-]. The van der Waals surface area contributed by atoms with Crippen molar-refractivity contribution in [3.8, 4) is 5.75 Å². The number of hydrogen-bond donors (Lipinski definition) is 1. The molecule has 1 N–H and O–H groups in total. The van der Waals surface area contributed by atoms with Gasteiger partial charge in [-0.1, -0.05) is 15.9 Å². The predicted molar refractivity (Wildman–Crippen MR) is 112 cm³/mol. The number of methoxy groups -OCH3 is 1. The van der Waals surface area contributed by atoms with Crippen LogP contribution in [0.4, 0.5) is 11.4 Å². The fraction of sp³-hybridized carbons (Fsp3) is 0.350. The molecule has 0 unspecified atom stereocenters. The molecule has 0 bridgehead atoms. The van der Waals surface area contributed by atoms with Crippen LogP contribution in [0.3, 0.4) is 0 Å². The van der Waals surface area contributed by atoms with E-state index in [0.717, 1.165) is 10.0 Å². The number of anilines is 1. The van der Waals surface area contributed by atoms with E-state index >= 15 is 0 Å². The highest BCUT2D eigenvalue weighted by atomic mass is 79.9. The Kier molecular flexibility index (Phi) is 7.38. The largest absolute Gasteiger partial charge is 0.460 e. The highest BCUT2D eigenvalue weighted by Crippen LogP contribution is 2.34. The molecule has 0 spiro atoms. The highest BCUT2D eigenvalue weighted by Gasteiger charge is 2.28. The van der Waals surface area contributed by atoms with E-state index in [4.69, 9.17) is 14.2 Å². The number of amides is 1. The normalized spacial score (nSPS) is 13.3. The van der Waals surface area contributed by atoms with Crippen LogP contribution >= 0.6 is 15.9 Å². The van der Waals surface area contributed by atoms with E-state index in [2.05, 4.69) is 15.9 Å². The lowest BCUT2D eigenvalue weighted by molar-refractivity contribution is -0.386. The minimum absolute atomic E-state index is 0.0533. The van der Waals surface area contributed by atoms with Crippen molar-refractivity contribution in [3.05, 3.63) is 61.6 Å². The lowest BCUT2D eigenvalue weighted by Gasteiger charge is -2.29. The van der Waals surface area contributed by atoms with Gasteiger partial charge >= 0.3 is 5.69 Å². The van der Waals surface area contributed by atoms with Crippen molar-refractivity contribution in [1.29, 1.82) is 0 Å². The van der Waals surface area contributed by atoms with Gasteiger partial charge in [-0.15, -0.1) is 0 Å². The molecule has 160 valence electrons. The van der Waals surface area contributed by atoms with Crippen LogP contribution in [-0.4, -0.2) is 49.6 Å². The quantitative estimate of drug-likeness (QED) is 0.254. The molecule has 30 heavy (non-hydrogen) atoms. The number of nitrogens with zero attached hydrogens (tertiary/aromatic N) is 2. The third-order valence-corrected chi connectivity index (χ3v) is 5.44. The van der Waals surface area contributed by atoms with E-state index in [-0.39, 0.29) is 30.7 Å². The monoisotopic (exact) mass is 480 g/mol. The lowest BCUT2D eigenvalue weighted by Crippen LogP contribution is -2.37. The summed E-state index contributed by atoms with van der Waals surface area (Å²) in [6.07, 6.45) is 0.588. The molecule has 0 saturated heterocycles. The van der Waals surface area contributed by atoms with Gasteiger partial charge in [0, 0.05) is 29.8 Å². The summed E-state index contributed by atoms with van der Waals surface area (Å²) >= 11 is 3.39. The Balaban J connectivity index is 1.83. The number of fused-ring (bicyclic) bond motifs is 1. The van der Waals surface area contributed by atoms with Gasteiger partial charge < -0.3 is 24.2 Å². The molecule has 2 aromatic carbocycles. The first-order chi connectivity index (χ1) is 14.5. The third kappa shape index (κ3) is 4.78. The maximum absolute atomic E-state index is 13.0. The van der Waals surface area contributed by atoms with Gasteiger partial charge in [0.25, 0.3) is 5.91 Å². The molecule has 1 aliphatic rings. The van der Waals surface area contributed by atoms with E-state index < -0.39 is 4.92 Å². The summed E-state index contributed by atoms with van der Waals surface area (Å²) < 4.78 is 16.1. The Morgan fingerprint density at radius 1 is 1.27 bits per heavy atom. The van der Waals surface area contributed by atoms with E-state index in [1.807, 2.05) is 6.07 Å². The summed E-state index contributed by atoms with van der Waals surface area (Å²) in [6.45, 7) is 0.714. The molecular formula is C20H21BrN2O7. The van der Waals surface area contributed by atoms with Crippen molar-refractivity contribution in [2.24, 2.45) is 0 Å². The van der Waals surface area contributed by atoms with E-state index in [1.54, 1.807) is 12.1 Å². The van der Waals surface area contributed by atoms with Crippen LogP contribution in [0.25, 0.3) is 0 Å². The first kappa shape index (κ1) is 22.2. The third-order valence-electron chi connectivity index (χ3n) is 4.70. The first-order valence-electron chi connectivity index (χ1n) is 9.18. The summed E-state index contributed by atoms with van der Waals surface area (Å²) in [6, 6.07) is 7.86. The second-order valence-electron chi connectivity index (χ2n) is 6.54.